The van der Waals surface area contributed by atoms with Crippen molar-refractivity contribution in [3.63, 3.8) is 0 Å². The zero-order valence-corrected chi connectivity index (χ0v) is 14.0. The van der Waals surface area contributed by atoms with E-state index in [-0.39, 0.29) is 16.4 Å². The van der Waals surface area contributed by atoms with Gasteiger partial charge in [0.05, 0.1) is 4.90 Å². The van der Waals surface area contributed by atoms with Gasteiger partial charge in [-0.1, -0.05) is 18.9 Å². The molecule has 0 aromatic heterocycles. The number of amides is 2. The average molecular weight is 339 g/mol. The summed E-state index contributed by atoms with van der Waals surface area (Å²) >= 11 is 0. The molecule has 23 heavy (non-hydrogen) atoms. The monoisotopic (exact) mass is 339 g/mol. The standard InChI is InChI=1S/C15H21N3O4S/c1-10-5-6-11(9-12(10)13(16)19)23(21,22)18-15(14(20)17-2)7-3-4-8-15/h5-6,9,18H,3-4,7-8H2,1-2H3,(H2,16,19)(H,17,20). The molecule has 1 aromatic carbocycles. The van der Waals surface area contributed by atoms with Crippen LogP contribution in [0.3, 0.4) is 0 Å². The van der Waals surface area contributed by atoms with E-state index in [4.69, 9.17) is 5.73 Å². The number of primary amides is 1. The molecule has 1 saturated carbocycles. The van der Waals surface area contributed by atoms with Gasteiger partial charge in [0.2, 0.25) is 21.8 Å². The number of nitrogens with two attached hydrogens (primary N) is 1. The van der Waals surface area contributed by atoms with Crippen molar-refractivity contribution in [1.82, 2.24) is 10.0 Å². The van der Waals surface area contributed by atoms with Gasteiger partial charge in [-0.2, -0.15) is 4.72 Å². The zero-order chi connectivity index (χ0) is 17.3. The third-order valence-electron chi connectivity index (χ3n) is 4.23. The second kappa shape index (κ2) is 6.29. The molecule has 0 radical (unpaired) electrons. The third kappa shape index (κ3) is 3.37. The molecule has 2 rings (SSSR count). The average Bonchev–Trinajstić information content (AvgIpc) is 2.95. The van der Waals surface area contributed by atoms with Crippen molar-refractivity contribution < 1.29 is 18.0 Å². The zero-order valence-electron chi connectivity index (χ0n) is 13.2. The van der Waals surface area contributed by atoms with Gasteiger partial charge >= 0.3 is 0 Å². The smallest absolute Gasteiger partial charge is 0.249 e. The Morgan fingerprint density at radius 2 is 1.83 bits per heavy atom. The maximum atomic E-state index is 12.7. The molecular weight excluding hydrogens is 318 g/mol. The lowest BCUT2D eigenvalue weighted by molar-refractivity contribution is -0.126. The van der Waals surface area contributed by atoms with Crippen LogP contribution in [0.25, 0.3) is 0 Å². The molecule has 1 aromatic rings. The molecular formula is C15H21N3O4S. The lowest BCUT2D eigenvalue weighted by atomic mass is 9.98. The van der Waals surface area contributed by atoms with Crippen LogP contribution in [0.4, 0.5) is 0 Å². The van der Waals surface area contributed by atoms with Crippen LogP contribution in [0, 0.1) is 6.92 Å². The molecule has 1 fully saturated rings. The predicted octanol–water partition coefficient (Wildman–Crippen LogP) is 0.431. The van der Waals surface area contributed by atoms with E-state index in [9.17, 15) is 18.0 Å². The molecule has 126 valence electrons. The minimum atomic E-state index is -3.95. The van der Waals surface area contributed by atoms with Crippen LogP contribution < -0.4 is 15.8 Å². The van der Waals surface area contributed by atoms with Crippen LogP contribution in [0.1, 0.15) is 41.6 Å². The van der Waals surface area contributed by atoms with Gasteiger partial charge in [0.15, 0.2) is 0 Å². The highest BCUT2D eigenvalue weighted by Crippen LogP contribution is 2.31. The Bertz CT molecular complexity index is 737. The summed E-state index contributed by atoms with van der Waals surface area (Å²) in [5.41, 5.74) is 4.88. The fourth-order valence-corrected chi connectivity index (χ4v) is 4.39. The molecule has 1 aliphatic carbocycles. The van der Waals surface area contributed by atoms with Gasteiger partial charge in [-0.05, 0) is 37.5 Å². The minimum Gasteiger partial charge on any atom is -0.366 e. The molecule has 0 heterocycles. The number of nitrogens with one attached hydrogen (secondary N) is 2. The number of rotatable bonds is 5. The second-order valence-corrected chi connectivity index (χ2v) is 7.50. The first-order chi connectivity index (χ1) is 10.7. The second-order valence-electron chi connectivity index (χ2n) is 5.81. The van der Waals surface area contributed by atoms with Gasteiger partial charge < -0.3 is 11.1 Å². The SMILES string of the molecule is CNC(=O)C1(NS(=O)(=O)c2ccc(C)c(C(N)=O)c2)CCCC1. The van der Waals surface area contributed by atoms with Gasteiger partial charge in [-0.15, -0.1) is 0 Å². The Kier molecular flexibility index (Phi) is 4.76. The molecule has 0 spiro atoms. The molecule has 7 nitrogen and oxygen atoms in total. The minimum absolute atomic E-state index is 0.0768. The van der Waals surface area contributed by atoms with Gasteiger partial charge in [0.1, 0.15) is 5.54 Å². The molecule has 0 atom stereocenters. The van der Waals surface area contributed by atoms with Crippen LogP contribution in [-0.2, 0) is 14.8 Å². The van der Waals surface area contributed by atoms with E-state index in [1.807, 2.05) is 0 Å². The third-order valence-corrected chi connectivity index (χ3v) is 5.77. The summed E-state index contributed by atoms with van der Waals surface area (Å²) < 4.78 is 27.8. The Labute approximate surface area is 135 Å². The number of benzene rings is 1. The lowest BCUT2D eigenvalue weighted by Crippen LogP contribution is -2.56. The van der Waals surface area contributed by atoms with Gasteiger partial charge in [-0.25, -0.2) is 8.42 Å². The van der Waals surface area contributed by atoms with Crippen LogP contribution in [0.5, 0.6) is 0 Å². The topological polar surface area (TPSA) is 118 Å². The van der Waals surface area contributed by atoms with Crippen molar-refractivity contribution in [2.75, 3.05) is 7.05 Å². The van der Waals surface area contributed by atoms with E-state index >= 15 is 0 Å². The van der Waals surface area contributed by atoms with E-state index in [1.54, 1.807) is 6.92 Å². The summed E-state index contributed by atoms with van der Waals surface area (Å²) in [4.78, 5) is 23.5. The first-order valence-electron chi connectivity index (χ1n) is 7.38. The summed E-state index contributed by atoms with van der Waals surface area (Å²) in [6.45, 7) is 1.67. The number of carbonyl (C=O) groups excluding carboxylic acids is 2. The molecule has 0 unspecified atom stereocenters. The van der Waals surface area contributed by atoms with E-state index in [2.05, 4.69) is 10.0 Å². The molecule has 0 bridgehead atoms. The van der Waals surface area contributed by atoms with E-state index in [1.165, 1.54) is 25.2 Å². The van der Waals surface area contributed by atoms with Crippen molar-refractivity contribution in [3.8, 4) is 0 Å². The quantitative estimate of drug-likeness (QED) is 0.721. The Balaban J connectivity index is 2.40. The van der Waals surface area contributed by atoms with Crippen molar-refractivity contribution in [3.05, 3.63) is 29.3 Å². The number of sulfonamides is 1. The molecule has 2 amide bonds. The Morgan fingerprint density at radius 1 is 1.22 bits per heavy atom. The largest absolute Gasteiger partial charge is 0.366 e. The van der Waals surface area contributed by atoms with Gasteiger partial charge in [-0.3, -0.25) is 9.59 Å². The summed E-state index contributed by atoms with van der Waals surface area (Å²) in [6, 6.07) is 4.17. The molecule has 8 heteroatoms. The summed E-state index contributed by atoms with van der Waals surface area (Å²) in [7, 11) is -2.47. The molecule has 4 N–H and O–H groups in total. The summed E-state index contributed by atoms with van der Waals surface area (Å²) in [5, 5.41) is 2.52. The van der Waals surface area contributed by atoms with Gasteiger partial charge in [0, 0.05) is 12.6 Å². The van der Waals surface area contributed by atoms with Crippen LogP contribution >= 0.6 is 0 Å². The number of hydrogen-bond acceptors (Lipinski definition) is 4. The van der Waals surface area contributed by atoms with Crippen molar-refractivity contribution >= 4 is 21.8 Å². The number of likely N-dealkylation sites (N-methyl/N-ethyl adjacent to an activating group) is 1. The Morgan fingerprint density at radius 3 is 2.35 bits per heavy atom. The summed E-state index contributed by atoms with van der Waals surface area (Å²) in [5.74, 6) is -1.04. The van der Waals surface area contributed by atoms with Crippen LogP contribution in [0.2, 0.25) is 0 Å². The number of aryl methyl sites for hydroxylation is 1. The van der Waals surface area contributed by atoms with E-state index < -0.39 is 21.5 Å². The highest BCUT2D eigenvalue weighted by Gasteiger charge is 2.44. The first kappa shape index (κ1) is 17.4. The van der Waals surface area contributed by atoms with E-state index in [0.717, 1.165) is 12.8 Å². The van der Waals surface area contributed by atoms with Crippen LogP contribution in [-0.4, -0.2) is 32.8 Å². The number of carbonyl (C=O) groups is 2. The van der Waals surface area contributed by atoms with Crippen LogP contribution in [0.15, 0.2) is 23.1 Å². The number of hydrogen-bond donors (Lipinski definition) is 3. The maximum Gasteiger partial charge on any atom is 0.249 e. The van der Waals surface area contributed by atoms with Gasteiger partial charge in [0.25, 0.3) is 0 Å². The fourth-order valence-electron chi connectivity index (χ4n) is 2.94. The predicted molar refractivity (Wildman–Crippen MR) is 85.3 cm³/mol. The molecule has 1 aliphatic rings. The van der Waals surface area contributed by atoms with Crippen molar-refractivity contribution in [2.24, 2.45) is 5.73 Å². The highest BCUT2D eigenvalue weighted by atomic mass is 32.2. The molecule has 0 saturated heterocycles. The summed E-state index contributed by atoms with van der Waals surface area (Å²) in [6.07, 6.45) is 2.44. The highest BCUT2D eigenvalue weighted by molar-refractivity contribution is 7.89. The first-order valence-corrected chi connectivity index (χ1v) is 8.87. The lowest BCUT2D eigenvalue weighted by Gasteiger charge is -2.28. The Hall–Kier alpha value is -1.93. The fraction of sp³-hybridized carbons (Fsp3) is 0.467. The van der Waals surface area contributed by atoms with Crippen molar-refractivity contribution in [2.45, 2.75) is 43.0 Å². The maximum absolute atomic E-state index is 12.7. The van der Waals surface area contributed by atoms with Crippen molar-refractivity contribution in [1.29, 1.82) is 0 Å². The normalized spacial score (nSPS) is 17.0. The van der Waals surface area contributed by atoms with E-state index in [0.29, 0.717) is 18.4 Å². The molecule has 0 aliphatic heterocycles.